The predicted octanol–water partition coefficient (Wildman–Crippen LogP) is 8.64. The van der Waals surface area contributed by atoms with Crippen LogP contribution in [-0.4, -0.2) is 0 Å². The van der Waals surface area contributed by atoms with E-state index in [1.165, 1.54) is 70.6 Å². The van der Waals surface area contributed by atoms with E-state index in [-0.39, 0.29) is 0 Å². The van der Waals surface area contributed by atoms with Crippen LogP contribution in [0.1, 0.15) is 126 Å². The van der Waals surface area contributed by atoms with Crippen molar-refractivity contribution in [2.75, 3.05) is 0 Å². The van der Waals surface area contributed by atoms with Gasteiger partial charge in [-0.3, -0.25) is 0 Å². The molecule has 0 aliphatic carbocycles. The summed E-state index contributed by atoms with van der Waals surface area (Å²) < 4.78 is 0. The fraction of sp³-hybridized carbons (Fsp3) is 1.00. The molecule has 0 aromatic rings. The van der Waals surface area contributed by atoms with Gasteiger partial charge in [-0.05, 0) is 48.3 Å². The van der Waals surface area contributed by atoms with Gasteiger partial charge in [0.25, 0.3) is 0 Å². The van der Waals surface area contributed by atoms with Gasteiger partial charge in [-0.15, -0.1) is 0 Å². The summed E-state index contributed by atoms with van der Waals surface area (Å²) in [5, 5.41) is 0. The Bertz CT molecular complexity index is 274. The van der Waals surface area contributed by atoms with E-state index in [1.807, 2.05) is 0 Å². The third kappa shape index (κ3) is 12.1. The summed E-state index contributed by atoms with van der Waals surface area (Å²) in [5.41, 5.74) is 1.09. The fourth-order valence-electron chi connectivity index (χ4n) is 3.60. The molecule has 0 fully saturated rings. The second-order valence-corrected chi connectivity index (χ2v) is 9.82. The van der Waals surface area contributed by atoms with Crippen molar-refractivity contribution in [2.45, 2.75) is 126 Å². The Kier molecular flexibility index (Phi) is 11.5. The maximum atomic E-state index is 2.47. The SMILES string of the molecule is CCCC(C)(C)CCC(CCCC(C)(C)CC)CCC(C)CC. The first-order valence-electron chi connectivity index (χ1n) is 10.7. The van der Waals surface area contributed by atoms with Gasteiger partial charge in [-0.25, -0.2) is 0 Å². The summed E-state index contributed by atoms with van der Waals surface area (Å²) in [7, 11) is 0. The van der Waals surface area contributed by atoms with Gasteiger partial charge in [0.1, 0.15) is 0 Å². The molecule has 0 radical (unpaired) electrons. The Morgan fingerprint density at radius 2 is 1.35 bits per heavy atom. The highest BCUT2D eigenvalue weighted by atomic mass is 14.3. The van der Waals surface area contributed by atoms with Gasteiger partial charge in [-0.1, -0.05) is 100 Å². The second kappa shape index (κ2) is 11.5. The predicted molar refractivity (Wildman–Crippen MR) is 108 cm³/mol. The van der Waals surface area contributed by atoms with Gasteiger partial charge in [0.15, 0.2) is 0 Å². The summed E-state index contributed by atoms with van der Waals surface area (Å²) in [6.45, 7) is 19.3. The summed E-state index contributed by atoms with van der Waals surface area (Å²) >= 11 is 0. The van der Waals surface area contributed by atoms with E-state index in [1.54, 1.807) is 0 Å². The largest absolute Gasteiger partial charge is 0.0654 e. The van der Waals surface area contributed by atoms with Crippen molar-refractivity contribution in [1.82, 2.24) is 0 Å². The maximum absolute atomic E-state index is 2.47. The van der Waals surface area contributed by atoms with Gasteiger partial charge in [0.05, 0.1) is 0 Å². The lowest BCUT2D eigenvalue weighted by Gasteiger charge is -2.28. The average Bonchev–Trinajstić information content (AvgIpc) is 2.48. The van der Waals surface area contributed by atoms with Crippen LogP contribution in [0.3, 0.4) is 0 Å². The molecule has 0 aliphatic heterocycles. The van der Waals surface area contributed by atoms with Crippen LogP contribution >= 0.6 is 0 Å². The molecule has 2 atom stereocenters. The molecule has 0 aliphatic rings. The molecule has 0 heteroatoms. The molecule has 0 saturated heterocycles. The molecule has 140 valence electrons. The second-order valence-electron chi connectivity index (χ2n) is 9.82. The standard InChI is InChI=1S/C23H48/c1-9-17-23(7,8)19-16-21(15-14-20(4)10-2)13-12-18-22(5,6)11-3/h20-21H,9-19H2,1-8H3. The van der Waals surface area contributed by atoms with E-state index in [2.05, 4.69) is 55.4 Å². The fourth-order valence-corrected chi connectivity index (χ4v) is 3.60. The number of rotatable bonds is 14. The third-order valence-corrected chi connectivity index (χ3v) is 6.34. The molecule has 0 amide bonds. The molecule has 0 rings (SSSR count). The molecule has 0 aromatic heterocycles. The van der Waals surface area contributed by atoms with Crippen molar-refractivity contribution in [3.05, 3.63) is 0 Å². The zero-order valence-corrected chi connectivity index (χ0v) is 17.9. The van der Waals surface area contributed by atoms with Crippen molar-refractivity contribution >= 4 is 0 Å². The highest BCUT2D eigenvalue weighted by molar-refractivity contribution is 4.73. The normalized spacial score (nSPS) is 15.7. The molecule has 0 heterocycles. The summed E-state index contributed by atoms with van der Waals surface area (Å²) in [6, 6.07) is 0. The molecular weight excluding hydrogens is 276 g/mol. The highest BCUT2D eigenvalue weighted by Gasteiger charge is 2.21. The Balaban J connectivity index is 4.38. The first-order valence-corrected chi connectivity index (χ1v) is 10.7. The monoisotopic (exact) mass is 324 g/mol. The van der Waals surface area contributed by atoms with Gasteiger partial charge in [0, 0.05) is 0 Å². The zero-order chi connectivity index (χ0) is 17.9. The Morgan fingerprint density at radius 1 is 0.696 bits per heavy atom. The van der Waals surface area contributed by atoms with Crippen LogP contribution in [0.25, 0.3) is 0 Å². The maximum Gasteiger partial charge on any atom is -0.0354 e. The zero-order valence-electron chi connectivity index (χ0n) is 17.9. The van der Waals surface area contributed by atoms with Gasteiger partial charge < -0.3 is 0 Å². The first kappa shape index (κ1) is 23.0. The first-order chi connectivity index (χ1) is 10.7. The van der Waals surface area contributed by atoms with Crippen LogP contribution in [0.2, 0.25) is 0 Å². The van der Waals surface area contributed by atoms with Gasteiger partial charge in [0.2, 0.25) is 0 Å². The molecule has 0 bridgehead atoms. The molecule has 2 unspecified atom stereocenters. The smallest absolute Gasteiger partial charge is 0.0354 e. The lowest BCUT2D eigenvalue weighted by Crippen LogP contribution is -2.15. The number of hydrogen-bond donors (Lipinski definition) is 0. The van der Waals surface area contributed by atoms with E-state index in [4.69, 9.17) is 0 Å². The van der Waals surface area contributed by atoms with Crippen LogP contribution in [-0.2, 0) is 0 Å². The summed E-state index contributed by atoms with van der Waals surface area (Å²) in [4.78, 5) is 0. The molecule has 0 N–H and O–H groups in total. The molecule has 0 nitrogen and oxygen atoms in total. The number of hydrogen-bond acceptors (Lipinski definition) is 0. The van der Waals surface area contributed by atoms with Crippen molar-refractivity contribution in [3.8, 4) is 0 Å². The lowest BCUT2D eigenvalue weighted by atomic mass is 9.77. The van der Waals surface area contributed by atoms with Crippen LogP contribution < -0.4 is 0 Å². The van der Waals surface area contributed by atoms with Crippen molar-refractivity contribution in [2.24, 2.45) is 22.7 Å². The average molecular weight is 325 g/mol. The van der Waals surface area contributed by atoms with Gasteiger partial charge >= 0.3 is 0 Å². The molecule has 0 spiro atoms. The van der Waals surface area contributed by atoms with Crippen LogP contribution in [0.4, 0.5) is 0 Å². The van der Waals surface area contributed by atoms with Crippen LogP contribution in [0.15, 0.2) is 0 Å². The minimum atomic E-state index is 0.544. The quantitative estimate of drug-likeness (QED) is 0.300. The Labute approximate surface area is 149 Å². The highest BCUT2D eigenvalue weighted by Crippen LogP contribution is 2.35. The van der Waals surface area contributed by atoms with Crippen molar-refractivity contribution < 1.29 is 0 Å². The lowest BCUT2D eigenvalue weighted by molar-refractivity contribution is 0.238. The van der Waals surface area contributed by atoms with Crippen LogP contribution in [0.5, 0.6) is 0 Å². The van der Waals surface area contributed by atoms with E-state index in [9.17, 15) is 0 Å². The van der Waals surface area contributed by atoms with Gasteiger partial charge in [-0.2, -0.15) is 0 Å². The topological polar surface area (TPSA) is 0 Å². The summed E-state index contributed by atoms with van der Waals surface area (Å²) in [5.74, 6) is 1.88. The van der Waals surface area contributed by atoms with E-state index in [0.29, 0.717) is 10.8 Å². The third-order valence-electron chi connectivity index (χ3n) is 6.34. The van der Waals surface area contributed by atoms with E-state index in [0.717, 1.165) is 11.8 Å². The molecule has 0 saturated carbocycles. The van der Waals surface area contributed by atoms with E-state index >= 15 is 0 Å². The molecular formula is C23H48. The minimum Gasteiger partial charge on any atom is -0.0654 e. The van der Waals surface area contributed by atoms with Crippen molar-refractivity contribution in [1.29, 1.82) is 0 Å². The minimum absolute atomic E-state index is 0.544. The van der Waals surface area contributed by atoms with Crippen LogP contribution in [0, 0.1) is 22.7 Å². The van der Waals surface area contributed by atoms with Crippen molar-refractivity contribution in [3.63, 3.8) is 0 Å². The Morgan fingerprint density at radius 3 is 1.87 bits per heavy atom. The molecule has 0 aromatic carbocycles. The molecule has 23 heavy (non-hydrogen) atoms. The summed E-state index contributed by atoms with van der Waals surface area (Å²) in [6.07, 6.45) is 15.4. The van der Waals surface area contributed by atoms with E-state index < -0.39 is 0 Å². The Hall–Kier alpha value is 0.